The minimum absolute atomic E-state index is 0.0539. The van der Waals surface area contributed by atoms with Crippen LogP contribution >= 0.6 is 0 Å². The van der Waals surface area contributed by atoms with Crippen LogP contribution in [0.3, 0.4) is 0 Å². The van der Waals surface area contributed by atoms with Gasteiger partial charge in [-0.25, -0.2) is 17.9 Å². The second kappa shape index (κ2) is 9.02. The van der Waals surface area contributed by atoms with Gasteiger partial charge in [0.25, 0.3) is 5.91 Å². The minimum atomic E-state index is -3.64. The van der Waals surface area contributed by atoms with E-state index >= 15 is 0 Å². The molecule has 0 aliphatic carbocycles. The van der Waals surface area contributed by atoms with Crippen molar-refractivity contribution in [3.63, 3.8) is 0 Å². The van der Waals surface area contributed by atoms with Crippen molar-refractivity contribution >= 4 is 21.9 Å². The molecular formula is C19H28N2O6S. The fourth-order valence-corrected chi connectivity index (χ4v) is 4.29. The number of morpholine rings is 1. The lowest BCUT2D eigenvalue weighted by molar-refractivity contribution is -0.151. The van der Waals surface area contributed by atoms with Gasteiger partial charge >= 0.3 is 5.97 Å². The summed E-state index contributed by atoms with van der Waals surface area (Å²) in [7, 11) is -3.64. The van der Waals surface area contributed by atoms with Crippen LogP contribution in [-0.2, 0) is 24.3 Å². The molecule has 0 radical (unpaired) electrons. The highest BCUT2D eigenvalue weighted by atomic mass is 32.2. The highest BCUT2D eigenvalue weighted by molar-refractivity contribution is 7.89. The zero-order chi connectivity index (χ0) is 21.1. The average molecular weight is 413 g/mol. The second-order valence-electron chi connectivity index (χ2n) is 7.35. The standard InChI is InChI=1S/C19H28N2O6S/c1-12(2)20-28(24,25)17-8-6-16(7-9-17)19(23)27-15(5)18(22)21-10-13(3)26-14(4)11-21/h6-9,12-15,20H,10-11H2,1-5H3. The molecule has 3 atom stereocenters. The Labute approximate surface area is 166 Å². The number of sulfonamides is 1. The van der Waals surface area contributed by atoms with Crippen LogP contribution in [-0.4, -0.2) is 62.6 Å². The molecule has 28 heavy (non-hydrogen) atoms. The SMILES string of the molecule is CC(C)NS(=O)(=O)c1ccc(C(=O)OC(C)C(=O)N2CC(C)OC(C)C2)cc1. The third-order valence-electron chi connectivity index (χ3n) is 4.15. The summed E-state index contributed by atoms with van der Waals surface area (Å²) in [6.45, 7) is 9.62. The van der Waals surface area contributed by atoms with Crippen molar-refractivity contribution in [3.8, 4) is 0 Å². The van der Waals surface area contributed by atoms with Crippen molar-refractivity contribution in [2.75, 3.05) is 13.1 Å². The number of nitrogens with one attached hydrogen (secondary N) is 1. The molecule has 1 heterocycles. The lowest BCUT2D eigenvalue weighted by atomic mass is 10.2. The Morgan fingerprint density at radius 2 is 1.64 bits per heavy atom. The van der Waals surface area contributed by atoms with E-state index in [0.717, 1.165) is 0 Å². The average Bonchev–Trinajstić information content (AvgIpc) is 2.59. The molecule has 1 aliphatic heterocycles. The van der Waals surface area contributed by atoms with E-state index in [-0.39, 0.29) is 34.6 Å². The normalized spacial score (nSPS) is 21.4. The fraction of sp³-hybridized carbons (Fsp3) is 0.579. The molecule has 1 aromatic rings. The summed E-state index contributed by atoms with van der Waals surface area (Å²) in [4.78, 5) is 26.6. The van der Waals surface area contributed by atoms with Gasteiger partial charge in [0.05, 0.1) is 22.7 Å². The first-order valence-electron chi connectivity index (χ1n) is 9.27. The van der Waals surface area contributed by atoms with Gasteiger partial charge in [-0.15, -0.1) is 0 Å². The molecule has 0 aromatic heterocycles. The Balaban J connectivity index is 2.01. The summed E-state index contributed by atoms with van der Waals surface area (Å²) in [5.74, 6) is -0.966. The maximum atomic E-state index is 12.5. The quantitative estimate of drug-likeness (QED) is 0.712. The van der Waals surface area contributed by atoms with Crippen LogP contribution < -0.4 is 4.72 Å². The molecule has 1 amide bonds. The molecular weight excluding hydrogens is 384 g/mol. The number of carbonyl (C=O) groups excluding carboxylic acids is 2. The van der Waals surface area contributed by atoms with Crippen LogP contribution in [0.15, 0.2) is 29.2 Å². The van der Waals surface area contributed by atoms with Crippen molar-refractivity contribution in [1.82, 2.24) is 9.62 Å². The number of hydrogen-bond donors (Lipinski definition) is 1. The largest absolute Gasteiger partial charge is 0.449 e. The van der Waals surface area contributed by atoms with Crippen molar-refractivity contribution in [1.29, 1.82) is 0 Å². The Kier molecular flexibility index (Phi) is 7.19. The van der Waals surface area contributed by atoms with E-state index < -0.39 is 22.1 Å². The highest BCUT2D eigenvalue weighted by Gasteiger charge is 2.30. The van der Waals surface area contributed by atoms with E-state index in [1.165, 1.54) is 31.2 Å². The van der Waals surface area contributed by atoms with Crippen molar-refractivity contribution in [2.45, 2.75) is 63.9 Å². The molecule has 156 valence electrons. The first-order chi connectivity index (χ1) is 13.0. The second-order valence-corrected chi connectivity index (χ2v) is 9.06. The molecule has 1 aromatic carbocycles. The van der Waals surface area contributed by atoms with Gasteiger partial charge in [-0.2, -0.15) is 0 Å². The van der Waals surface area contributed by atoms with E-state index in [0.29, 0.717) is 13.1 Å². The van der Waals surface area contributed by atoms with Gasteiger partial charge in [-0.05, 0) is 58.9 Å². The Hall–Kier alpha value is -1.97. The van der Waals surface area contributed by atoms with E-state index in [1.54, 1.807) is 18.7 Å². The minimum Gasteiger partial charge on any atom is -0.449 e. The zero-order valence-corrected chi connectivity index (χ0v) is 17.7. The number of nitrogens with zero attached hydrogens (tertiary/aromatic N) is 1. The van der Waals surface area contributed by atoms with Crippen LogP contribution in [0, 0.1) is 0 Å². The molecule has 1 saturated heterocycles. The van der Waals surface area contributed by atoms with E-state index in [9.17, 15) is 18.0 Å². The summed E-state index contributed by atoms with van der Waals surface area (Å²) in [6.07, 6.45) is -1.11. The lowest BCUT2D eigenvalue weighted by Gasteiger charge is -2.36. The summed E-state index contributed by atoms with van der Waals surface area (Å²) < 4.78 is 37.6. The van der Waals surface area contributed by atoms with E-state index in [4.69, 9.17) is 9.47 Å². The summed E-state index contributed by atoms with van der Waals surface area (Å²) in [5, 5.41) is 0. The number of benzene rings is 1. The molecule has 8 nitrogen and oxygen atoms in total. The molecule has 1 aliphatic rings. The topological polar surface area (TPSA) is 102 Å². The molecule has 0 saturated carbocycles. The predicted molar refractivity (Wildman–Crippen MR) is 103 cm³/mol. The zero-order valence-electron chi connectivity index (χ0n) is 16.8. The van der Waals surface area contributed by atoms with Crippen LogP contribution in [0.1, 0.15) is 45.0 Å². The molecule has 1 N–H and O–H groups in total. The fourth-order valence-electron chi connectivity index (χ4n) is 3.04. The summed E-state index contributed by atoms with van der Waals surface area (Å²) >= 11 is 0. The summed E-state index contributed by atoms with van der Waals surface area (Å²) in [6, 6.07) is 5.16. The lowest BCUT2D eigenvalue weighted by Crippen LogP contribution is -2.51. The molecule has 0 bridgehead atoms. The van der Waals surface area contributed by atoms with Gasteiger partial charge in [-0.3, -0.25) is 4.79 Å². The third kappa shape index (κ3) is 5.76. The molecule has 0 spiro atoms. The van der Waals surface area contributed by atoms with Crippen molar-refractivity contribution < 1.29 is 27.5 Å². The number of rotatable bonds is 6. The van der Waals surface area contributed by atoms with Gasteiger partial charge in [0.1, 0.15) is 0 Å². The molecule has 1 fully saturated rings. The maximum Gasteiger partial charge on any atom is 0.338 e. The van der Waals surface area contributed by atoms with Crippen LogP contribution in [0.4, 0.5) is 0 Å². The number of ether oxygens (including phenoxy) is 2. The Bertz CT molecular complexity index is 796. The number of hydrogen-bond acceptors (Lipinski definition) is 6. The van der Waals surface area contributed by atoms with Crippen LogP contribution in [0.25, 0.3) is 0 Å². The van der Waals surface area contributed by atoms with Gasteiger partial charge < -0.3 is 14.4 Å². The number of amides is 1. The first kappa shape index (κ1) is 22.3. The molecule has 2 rings (SSSR count). The van der Waals surface area contributed by atoms with Gasteiger partial charge in [0, 0.05) is 19.1 Å². The van der Waals surface area contributed by atoms with Crippen LogP contribution in [0.2, 0.25) is 0 Å². The van der Waals surface area contributed by atoms with Gasteiger partial charge in [-0.1, -0.05) is 0 Å². The summed E-state index contributed by atoms with van der Waals surface area (Å²) in [5.41, 5.74) is 0.173. The monoisotopic (exact) mass is 412 g/mol. The van der Waals surface area contributed by atoms with Crippen molar-refractivity contribution in [3.05, 3.63) is 29.8 Å². The third-order valence-corrected chi connectivity index (χ3v) is 5.83. The van der Waals surface area contributed by atoms with Gasteiger partial charge in [0.15, 0.2) is 6.10 Å². The molecule has 9 heteroatoms. The maximum absolute atomic E-state index is 12.5. The Morgan fingerprint density at radius 1 is 1.11 bits per heavy atom. The molecule has 3 unspecified atom stereocenters. The van der Waals surface area contributed by atoms with E-state index in [1.807, 2.05) is 13.8 Å². The predicted octanol–water partition coefficient (Wildman–Crippen LogP) is 1.55. The highest BCUT2D eigenvalue weighted by Crippen LogP contribution is 2.15. The Morgan fingerprint density at radius 3 is 2.14 bits per heavy atom. The van der Waals surface area contributed by atoms with E-state index in [2.05, 4.69) is 4.72 Å². The van der Waals surface area contributed by atoms with Gasteiger partial charge in [0.2, 0.25) is 10.0 Å². The van der Waals surface area contributed by atoms with Crippen LogP contribution in [0.5, 0.6) is 0 Å². The smallest absolute Gasteiger partial charge is 0.338 e. The number of esters is 1. The van der Waals surface area contributed by atoms with Crippen molar-refractivity contribution in [2.24, 2.45) is 0 Å². The first-order valence-corrected chi connectivity index (χ1v) is 10.8. The number of carbonyl (C=O) groups is 2.